The predicted molar refractivity (Wildman–Crippen MR) is 96.4 cm³/mol. The fraction of sp³-hybridized carbons (Fsp3) is 0.350. The fourth-order valence-corrected chi connectivity index (χ4v) is 3.35. The number of carbonyl (C=O) groups excluding carboxylic acids is 1. The number of rotatable bonds is 5. The van der Waals surface area contributed by atoms with Crippen LogP contribution in [0.3, 0.4) is 0 Å². The van der Waals surface area contributed by atoms with Crippen LogP contribution in [0.25, 0.3) is 0 Å². The minimum atomic E-state index is 0.0374. The van der Waals surface area contributed by atoms with Crippen molar-refractivity contribution >= 4 is 11.6 Å². The van der Waals surface area contributed by atoms with Gasteiger partial charge in [0.05, 0.1) is 13.7 Å². The van der Waals surface area contributed by atoms with E-state index >= 15 is 0 Å². The molecular formula is C20H24N2O2. The molecule has 24 heavy (non-hydrogen) atoms. The number of likely N-dealkylation sites (tertiary alicyclic amines) is 1. The third-order valence-electron chi connectivity index (χ3n) is 4.49. The molecule has 1 aliphatic heterocycles. The summed E-state index contributed by atoms with van der Waals surface area (Å²) in [5, 5.41) is 3.00. The van der Waals surface area contributed by atoms with E-state index in [1.165, 1.54) is 5.56 Å². The van der Waals surface area contributed by atoms with Crippen molar-refractivity contribution in [2.45, 2.75) is 25.8 Å². The number of amides is 1. The highest BCUT2D eigenvalue weighted by Gasteiger charge is 2.27. The molecule has 4 heteroatoms. The Hall–Kier alpha value is -2.33. The van der Waals surface area contributed by atoms with Crippen molar-refractivity contribution in [3.63, 3.8) is 0 Å². The van der Waals surface area contributed by atoms with Gasteiger partial charge in [0, 0.05) is 11.7 Å². The zero-order valence-electron chi connectivity index (χ0n) is 14.3. The summed E-state index contributed by atoms with van der Waals surface area (Å²) in [5.74, 6) is 0.902. The quantitative estimate of drug-likeness (QED) is 0.910. The molecule has 0 aliphatic carbocycles. The minimum Gasteiger partial charge on any atom is -0.497 e. The van der Waals surface area contributed by atoms with Crippen molar-refractivity contribution in [3.8, 4) is 5.75 Å². The van der Waals surface area contributed by atoms with Crippen LogP contribution in [-0.4, -0.2) is 31.0 Å². The molecule has 1 N–H and O–H groups in total. The monoisotopic (exact) mass is 324 g/mol. The van der Waals surface area contributed by atoms with Gasteiger partial charge in [0.1, 0.15) is 5.75 Å². The van der Waals surface area contributed by atoms with E-state index in [-0.39, 0.29) is 11.9 Å². The van der Waals surface area contributed by atoms with Gasteiger partial charge in [-0.25, -0.2) is 0 Å². The van der Waals surface area contributed by atoms with Gasteiger partial charge in [0.25, 0.3) is 0 Å². The number of ether oxygens (including phenoxy) is 1. The Morgan fingerprint density at radius 2 is 2.08 bits per heavy atom. The van der Waals surface area contributed by atoms with Gasteiger partial charge in [-0.15, -0.1) is 0 Å². The first-order valence-electron chi connectivity index (χ1n) is 8.40. The van der Waals surface area contributed by atoms with Crippen LogP contribution < -0.4 is 10.1 Å². The maximum absolute atomic E-state index is 12.4. The van der Waals surface area contributed by atoms with Gasteiger partial charge in [-0.1, -0.05) is 24.3 Å². The van der Waals surface area contributed by atoms with Gasteiger partial charge in [-0.2, -0.15) is 0 Å². The second-order valence-corrected chi connectivity index (χ2v) is 6.32. The van der Waals surface area contributed by atoms with E-state index in [1.54, 1.807) is 7.11 Å². The van der Waals surface area contributed by atoms with Crippen molar-refractivity contribution in [2.24, 2.45) is 0 Å². The van der Waals surface area contributed by atoms with Gasteiger partial charge >= 0.3 is 0 Å². The van der Waals surface area contributed by atoms with Gasteiger partial charge < -0.3 is 10.1 Å². The molecule has 0 bridgehead atoms. The second-order valence-electron chi connectivity index (χ2n) is 6.32. The first kappa shape index (κ1) is 16.5. The van der Waals surface area contributed by atoms with Crippen LogP contribution in [0.5, 0.6) is 5.75 Å². The second kappa shape index (κ2) is 7.49. The maximum Gasteiger partial charge on any atom is 0.238 e. The summed E-state index contributed by atoms with van der Waals surface area (Å²) in [4.78, 5) is 14.7. The fourth-order valence-electron chi connectivity index (χ4n) is 3.35. The number of nitrogens with zero attached hydrogens (tertiary/aromatic N) is 1. The number of hydrogen-bond donors (Lipinski definition) is 1. The Labute approximate surface area is 143 Å². The molecule has 2 aromatic rings. The summed E-state index contributed by atoms with van der Waals surface area (Å²) in [5.41, 5.74) is 3.22. The lowest BCUT2D eigenvalue weighted by atomic mass is 10.0. The zero-order chi connectivity index (χ0) is 16.9. The Bertz CT molecular complexity index is 714. The smallest absolute Gasteiger partial charge is 0.238 e. The first-order valence-corrected chi connectivity index (χ1v) is 8.40. The molecule has 126 valence electrons. The third-order valence-corrected chi connectivity index (χ3v) is 4.49. The number of carbonyl (C=O) groups is 1. The maximum atomic E-state index is 12.4. The highest BCUT2D eigenvalue weighted by Crippen LogP contribution is 2.33. The number of hydrogen-bond acceptors (Lipinski definition) is 3. The lowest BCUT2D eigenvalue weighted by molar-refractivity contribution is -0.117. The van der Waals surface area contributed by atoms with E-state index in [2.05, 4.69) is 22.3 Å². The van der Waals surface area contributed by atoms with Crippen molar-refractivity contribution in [3.05, 3.63) is 59.7 Å². The molecule has 1 heterocycles. The zero-order valence-corrected chi connectivity index (χ0v) is 14.3. The summed E-state index contributed by atoms with van der Waals surface area (Å²) in [6.07, 6.45) is 2.19. The SMILES string of the molecule is COc1cccc(C2CCCN2CC(=O)Nc2cccc(C)c2)c1. The van der Waals surface area contributed by atoms with E-state index < -0.39 is 0 Å². The summed E-state index contributed by atoms with van der Waals surface area (Å²) in [7, 11) is 1.68. The molecule has 3 rings (SSSR count). The predicted octanol–water partition coefficient (Wildman–Crippen LogP) is 3.78. The Balaban J connectivity index is 1.66. The van der Waals surface area contributed by atoms with Crippen LogP contribution in [0.1, 0.15) is 30.0 Å². The average Bonchev–Trinajstić information content (AvgIpc) is 3.03. The molecule has 0 saturated carbocycles. The van der Waals surface area contributed by atoms with Crippen molar-refractivity contribution < 1.29 is 9.53 Å². The first-order chi connectivity index (χ1) is 11.7. The molecule has 2 aromatic carbocycles. The Kier molecular flexibility index (Phi) is 5.16. The molecule has 1 fully saturated rings. The highest BCUT2D eigenvalue weighted by molar-refractivity contribution is 5.92. The van der Waals surface area contributed by atoms with Gasteiger partial charge in [-0.3, -0.25) is 9.69 Å². The van der Waals surface area contributed by atoms with Crippen LogP contribution in [0.4, 0.5) is 5.69 Å². The number of benzene rings is 2. The molecule has 1 amide bonds. The van der Waals surface area contributed by atoms with Crippen LogP contribution in [0.2, 0.25) is 0 Å². The van der Waals surface area contributed by atoms with Gasteiger partial charge in [-0.05, 0) is 61.7 Å². The van der Waals surface area contributed by atoms with E-state index in [4.69, 9.17) is 4.74 Å². The van der Waals surface area contributed by atoms with Gasteiger partial charge in [0.15, 0.2) is 0 Å². The Morgan fingerprint density at radius 3 is 2.88 bits per heavy atom. The van der Waals surface area contributed by atoms with Crippen LogP contribution in [-0.2, 0) is 4.79 Å². The molecule has 4 nitrogen and oxygen atoms in total. The molecule has 0 aromatic heterocycles. The van der Waals surface area contributed by atoms with Crippen molar-refractivity contribution in [1.82, 2.24) is 4.90 Å². The summed E-state index contributed by atoms with van der Waals surface area (Å²) < 4.78 is 5.32. The lowest BCUT2D eigenvalue weighted by Gasteiger charge is -2.24. The van der Waals surface area contributed by atoms with Crippen LogP contribution in [0.15, 0.2) is 48.5 Å². The van der Waals surface area contributed by atoms with E-state index in [0.717, 1.165) is 36.4 Å². The van der Waals surface area contributed by atoms with E-state index in [9.17, 15) is 4.79 Å². The molecule has 1 aliphatic rings. The summed E-state index contributed by atoms with van der Waals surface area (Å²) >= 11 is 0. The number of nitrogens with one attached hydrogen (secondary N) is 1. The topological polar surface area (TPSA) is 41.6 Å². The van der Waals surface area contributed by atoms with Crippen LogP contribution >= 0.6 is 0 Å². The van der Waals surface area contributed by atoms with E-state index in [0.29, 0.717) is 6.54 Å². The minimum absolute atomic E-state index is 0.0374. The summed E-state index contributed by atoms with van der Waals surface area (Å²) in [6.45, 7) is 3.38. The molecule has 0 radical (unpaired) electrons. The van der Waals surface area contributed by atoms with Crippen molar-refractivity contribution in [1.29, 1.82) is 0 Å². The summed E-state index contributed by atoms with van der Waals surface area (Å²) in [6, 6.07) is 16.3. The molecule has 1 saturated heterocycles. The third kappa shape index (κ3) is 3.95. The lowest BCUT2D eigenvalue weighted by Crippen LogP contribution is -2.32. The molecule has 1 unspecified atom stereocenters. The normalized spacial score (nSPS) is 17.7. The van der Waals surface area contributed by atoms with Crippen LogP contribution in [0, 0.1) is 6.92 Å². The highest BCUT2D eigenvalue weighted by atomic mass is 16.5. The molecule has 0 spiro atoms. The number of anilines is 1. The Morgan fingerprint density at radius 1 is 1.25 bits per heavy atom. The van der Waals surface area contributed by atoms with Crippen molar-refractivity contribution in [2.75, 3.05) is 25.5 Å². The molecule has 1 atom stereocenters. The largest absolute Gasteiger partial charge is 0.497 e. The number of aryl methyl sites for hydroxylation is 1. The van der Waals surface area contributed by atoms with Gasteiger partial charge in [0.2, 0.25) is 5.91 Å². The average molecular weight is 324 g/mol. The standard InChI is InChI=1S/C20H24N2O2/c1-15-6-3-8-17(12-15)21-20(23)14-22-11-5-10-19(22)16-7-4-9-18(13-16)24-2/h3-4,6-9,12-13,19H,5,10-11,14H2,1-2H3,(H,21,23). The number of methoxy groups -OCH3 is 1. The molecular weight excluding hydrogens is 300 g/mol. The van der Waals surface area contributed by atoms with E-state index in [1.807, 2.05) is 43.3 Å².